The van der Waals surface area contributed by atoms with Crippen LogP contribution in [-0.4, -0.2) is 51.5 Å². The van der Waals surface area contributed by atoms with Crippen LogP contribution in [-0.2, 0) is 0 Å². The van der Waals surface area contributed by atoms with Gasteiger partial charge in [-0.1, -0.05) is 12.8 Å². The summed E-state index contributed by atoms with van der Waals surface area (Å²) in [6.45, 7) is 2.66. The number of hydrogen-bond acceptors (Lipinski definition) is 4. The molecule has 0 radical (unpaired) electrons. The summed E-state index contributed by atoms with van der Waals surface area (Å²) in [7, 11) is 0. The molecule has 3 N–H and O–H groups in total. The lowest BCUT2D eigenvalue weighted by atomic mass is 10.1. The number of anilines is 1. The maximum absolute atomic E-state index is 10.6. The van der Waals surface area contributed by atoms with Gasteiger partial charge in [0.05, 0.1) is 23.2 Å². The van der Waals surface area contributed by atoms with E-state index in [0.717, 1.165) is 37.0 Å². The van der Waals surface area contributed by atoms with Crippen molar-refractivity contribution in [3.8, 4) is 0 Å². The lowest BCUT2D eigenvalue weighted by Gasteiger charge is -2.28. The Balaban J connectivity index is 1.44. The smallest absolute Gasteiger partial charge is 0.145 e. The van der Waals surface area contributed by atoms with E-state index in [2.05, 4.69) is 27.0 Å². The molecule has 1 aliphatic carbocycles. The number of piperidine rings is 1. The van der Waals surface area contributed by atoms with Crippen molar-refractivity contribution in [1.29, 1.82) is 5.41 Å². The number of aliphatic hydroxyl groups is 1. The molecule has 0 amide bonds. The highest BCUT2D eigenvalue weighted by molar-refractivity contribution is 6.23. The molecule has 1 aromatic heterocycles. The normalized spacial score (nSPS) is 21.9. The summed E-state index contributed by atoms with van der Waals surface area (Å²) in [6.07, 6.45) is 8.48. The Morgan fingerprint density at radius 2 is 1.85 bits per heavy atom. The van der Waals surface area contributed by atoms with Gasteiger partial charge in [0, 0.05) is 24.8 Å². The average molecular weight is 365 g/mol. The van der Waals surface area contributed by atoms with E-state index in [1.165, 1.54) is 37.8 Å². The second kappa shape index (κ2) is 6.59. The van der Waals surface area contributed by atoms with Crippen LogP contribution in [0.25, 0.3) is 16.6 Å². The van der Waals surface area contributed by atoms with Crippen molar-refractivity contribution in [2.24, 2.45) is 0 Å². The highest BCUT2D eigenvalue weighted by atomic mass is 16.3. The van der Waals surface area contributed by atoms with Crippen molar-refractivity contribution >= 4 is 28.1 Å². The number of nitrogens with one attached hydrogen (secondary N) is 2. The Morgan fingerprint density at radius 3 is 2.63 bits per heavy atom. The van der Waals surface area contributed by atoms with Gasteiger partial charge in [-0.05, 0) is 50.3 Å². The van der Waals surface area contributed by atoms with Crippen LogP contribution in [0.3, 0.4) is 0 Å². The number of fused-ring (bicyclic) bond motifs is 1. The van der Waals surface area contributed by atoms with Gasteiger partial charge in [-0.3, -0.25) is 5.41 Å². The van der Waals surface area contributed by atoms with Gasteiger partial charge in [0.2, 0.25) is 0 Å². The Morgan fingerprint density at radius 1 is 1.07 bits per heavy atom. The van der Waals surface area contributed by atoms with E-state index < -0.39 is 0 Å². The number of rotatable bonds is 3. The summed E-state index contributed by atoms with van der Waals surface area (Å²) in [6, 6.07) is 6.72. The first-order chi connectivity index (χ1) is 13.2. The Hall–Kier alpha value is -2.50. The molecule has 5 rings (SSSR count). The highest BCUT2D eigenvalue weighted by Crippen LogP contribution is 2.33. The predicted octanol–water partition coefficient (Wildman–Crippen LogP) is 4.06. The van der Waals surface area contributed by atoms with E-state index in [9.17, 15) is 5.11 Å². The van der Waals surface area contributed by atoms with Crippen LogP contribution < -0.4 is 4.90 Å². The van der Waals surface area contributed by atoms with Gasteiger partial charge in [0.1, 0.15) is 17.4 Å². The fourth-order valence-electron chi connectivity index (χ4n) is 4.84. The number of aromatic amines is 1. The van der Waals surface area contributed by atoms with E-state index in [1.807, 2.05) is 11.0 Å². The monoisotopic (exact) mass is 365 g/mol. The molecule has 2 aliphatic heterocycles. The minimum absolute atomic E-state index is 0.266. The molecule has 6 nitrogen and oxygen atoms in total. The van der Waals surface area contributed by atoms with E-state index in [-0.39, 0.29) is 5.76 Å². The molecule has 2 aromatic rings. The summed E-state index contributed by atoms with van der Waals surface area (Å²) < 4.78 is 0. The maximum atomic E-state index is 10.6. The van der Waals surface area contributed by atoms with Crippen LogP contribution in [0.5, 0.6) is 0 Å². The summed E-state index contributed by atoms with van der Waals surface area (Å²) in [5.41, 5.74) is 3.65. The number of benzene rings is 1. The van der Waals surface area contributed by atoms with Crippen LogP contribution in [0, 0.1) is 5.41 Å². The zero-order valence-corrected chi connectivity index (χ0v) is 15.7. The van der Waals surface area contributed by atoms with Crippen LogP contribution in [0.4, 0.5) is 5.69 Å². The molecule has 1 saturated carbocycles. The summed E-state index contributed by atoms with van der Waals surface area (Å²) >= 11 is 0. The SMILES string of the molecule is N=C1C(c2nc3ccc(N4CCCCC4)cc3[nH]2)=C(O)CN1C1CCCC1. The van der Waals surface area contributed by atoms with Gasteiger partial charge < -0.3 is 19.9 Å². The van der Waals surface area contributed by atoms with Crippen molar-refractivity contribution in [2.75, 3.05) is 24.5 Å². The molecule has 27 heavy (non-hydrogen) atoms. The van der Waals surface area contributed by atoms with E-state index in [0.29, 0.717) is 29.8 Å². The molecule has 0 bridgehead atoms. The van der Waals surface area contributed by atoms with Gasteiger partial charge in [-0.2, -0.15) is 0 Å². The van der Waals surface area contributed by atoms with E-state index in [1.54, 1.807) is 0 Å². The molecule has 6 heteroatoms. The maximum Gasteiger partial charge on any atom is 0.145 e. The molecule has 1 aromatic carbocycles. The highest BCUT2D eigenvalue weighted by Gasteiger charge is 2.35. The average Bonchev–Trinajstić information content (AvgIpc) is 3.40. The van der Waals surface area contributed by atoms with Crippen molar-refractivity contribution < 1.29 is 5.11 Å². The molecular weight excluding hydrogens is 338 g/mol. The van der Waals surface area contributed by atoms with Crippen molar-refractivity contribution in [1.82, 2.24) is 14.9 Å². The Bertz CT molecular complexity index is 902. The lowest BCUT2D eigenvalue weighted by molar-refractivity contribution is 0.296. The van der Waals surface area contributed by atoms with Gasteiger partial charge >= 0.3 is 0 Å². The van der Waals surface area contributed by atoms with Crippen molar-refractivity contribution in [3.05, 3.63) is 29.8 Å². The summed E-state index contributed by atoms with van der Waals surface area (Å²) in [4.78, 5) is 12.5. The second-order valence-electron chi connectivity index (χ2n) is 8.07. The number of imidazole rings is 1. The first-order valence-corrected chi connectivity index (χ1v) is 10.2. The Labute approximate surface area is 159 Å². The number of H-pyrrole nitrogens is 1. The fourth-order valence-corrected chi connectivity index (χ4v) is 4.84. The number of amidine groups is 1. The molecular formula is C21H27N5O. The third-order valence-electron chi connectivity index (χ3n) is 6.32. The van der Waals surface area contributed by atoms with Crippen LogP contribution in [0.2, 0.25) is 0 Å². The predicted molar refractivity (Wildman–Crippen MR) is 108 cm³/mol. The van der Waals surface area contributed by atoms with Gasteiger partial charge in [-0.25, -0.2) is 4.98 Å². The van der Waals surface area contributed by atoms with Crippen LogP contribution >= 0.6 is 0 Å². The van der Waals surface area contributed by atoms with Gasteiger partial charge in [0.25, 0.3) is 0 Å². The molecule has 142 valence electrons. The van der Waals surface area contributed by atoms with Crippen LogP contribution in [0.1, 0.15) is 50.8 Å². The molecule has 0 atom stereocenters. The summed E-state index contributed by atoms with van der Waals surface area (Å²) in [5, 5.41) is 19.2. The van der Waals surface area contributed by atoms with Gasteiger partial charge in [0.15, 0.2) is 0 Å². The Kier molecular flexibility index (Phi) is 4.06. The first-order valence-electron chi connectivity index (χ1n) is 10.2. The number of aliphatic hydroxyl groups excluding tert-OH is 1. The minimum atomic E-state index is 0.266. The van der Waals surface area contributed by atoms with Crippen molar-refractivity contribution in [2.45, 2.75) is 51.0 Å². The molecule has 0 spiro atoms. The molecule has 2 fully saturated rings. The molecule has 1 saturated heterocycles. The largest absolute Gasteiger partial charge is 0.510 e. The second-order valence-corrected chi connectivity index (χ2v) is 8.07. The quantitative estimate of drug-likeness (QED) is 0.766. The zero-order valence-electron chi connectivity index (χ0n) is 15.7. The molecule has 0 unspecified atom stereocenters. The lowest BCUT2D eigenvalue weighted by Crippen LogP contribution is -2.35. The third-order valence-corrected chi connectivity index (χ3v) is 6.32. The first kappa shape index (κ1) is 16.7. The van der Waals surface area contributed by atoms with Crippen LogP contribution in [0.15, 0.2) is 24.0 Å². The van der Waals surface area contributed by atoms with Gasteiger partial charge in [-0.15, -0.1) is 0 Å². The minimum Gasteiger partial charge on any atom is -0.510 e. The topological polar surface area (TPSA) is 79.2 Å². The molecule has 3 aliphatic rings. The number of hydrogen-bond donors (Lipinski definition) is 3. The summed E-state index contributed by atoms with van der Waals surface area (Å²) in [5.74, 6) is 1.29. The zero-order chi connectivity index (χ0) is 18.4. The number of aromatic nitrogens is 2. The number of nitrogens with zero attached hydrogens (tertiary/aromatic N) is 3. The third kappa shape index (κ3) is 2.87. The standard InChI is InChI=1S/C21H27N5O/c22-20-19(18(27)13-26(20)14-6-2-3-7-14)21-23-16-9-8-15(12-17(16)24-21)25-10-4-1-5-11-25/h8-9,12,14,22,27H,1-7,10-11,13H2,(H,23,24). The fraction of sp³-hybridized carbons (Fsp3) is 0.524. The van der Waals surface area contributed by atoms with E-state index >= 15 is 0 Å². The molecule has 3 heterocycles. The van der Waals surface area contributed by atoms with Crippen molar-refractivity contribution in [3.63, 3.8) is 0 Å². The van der Waals surface area contributed by atoms with E-state index in [4.69, 9.17) is 5.41 Å².